The third-order valence-corrected chi connectivity index (χ3v) is 4.93. The first-order valence-electron chi connectivity index (χ1n) is 7.01. The summed E-state index contributed by atoms with van der Waals surface area (Å²) >= 11 is 1.47. The van der Waals surface area contributed by atoms with Crippen LogP contribution >= 0.6 is 11.3 Å². The molecule has 1 amide bonds. The van der Waals surface area contributed by atoms with Gasteiger partial charge in [0.05, 0.1) is 10.2 Å². The van der Waals surface area contributed by atoms with E-state index in [1.54, 1.807) is 0 Å². The van der Waals surface area contributed by atoms with Gasteiger partial charge in [-0.3, -0.25) is 4.79 Å². The number of aromatic nitrogens is 1. The molecule has 1 aliphatic rings. The van der Waals surface area contributed by atoms with Gasteiger partial charge in [0.1, 0.15) is 0 Å². The van der Waals surface area contributed by atoms with Gasteiger partial charge in [0, 0.05) is 11.7 Å². The van der Waals surface area contributed by atoms with Crippen LogP contribution in [0.25, 0.3) is 10.2 Å². The fourth-order valence-electron chi connectivity index (χ4n) is 2.94. The number of hydrogen-bond donors (Lipinski definition) is 0. The van der Waals surface area contributed by atoms with Crippen molar-refractivity contribution in [1.29, 1.82) is 0 Å². The number of nitrogens with zero attached hydrogens (tertiary/aromatic N) is 2. The van der Waals surface area contributed by atoms with E-state index in [-0.39, 0.29) is 11.9 Å². The smallest absolute Gasteiger partial charge is 0.287 e. The summed E-state index contributed by atoms with van der Waals surface area (Å²) in [5.41, 5.74) is 3.15. The van der Waals surface area contributed by atoms with Gasteiger partial charge in [0.2, 0.25) is 0 Å². The molecule has 2 aromatic carbocycles. The second-order valence-electron chi connectivity index (χ2n) is 5.34. The SMILES string of the molecule is C[C@@H]1Cc2ccccc2N1C(=O)c1nc2ccccc2s1. The van der Waals surface area contributed by atoms with E-state index in [2.05, 4.69) is 18.0 Å². The lowest BCUT2D eigenvalue weighted by Crippen LogP contribution is -2.35. The Kier molecular flexibility index (Phi) is 2.79. The van der Waals surface area contributed by atoms with Gasteiger partial charge in [-0.1, -0.05) is 30.3 Å². The number of hydrogen-bond acceptors (Lipinski definition) is 3. The summed E-state index contributed by atoms with van der Waals surface area (Å²) in [6.07, 6.45) is 0.910. The highest BCUT2D eigenvalue weighted by Gasteiger charge is 2.32. The standard InChI is InChI=1S/C17H14N2OS/c1-11-10-12-6-2-4-8-14(12)19(11)17(20)16-18-13-7-3-5-9-15(13)21-16/h2-9,11H,10H2,1H3/t11-/m1/s1. The highest BCUT2D eigenvalue weighted by Crippen LogP contribution is 2.34. The Labute approximate surface area is 126 Å². The molecule has 2 heterocycles. The molecule has 0 unspecified atom stereocenters. The zero-order valence-electron chi connectivity index (χ0n) is 11.6. The van der Waals surface area contributed by atoms with Gasteiger partial charge >= 0.3 is 0 Å². The predicted molar refractivity (Wildman–Crippen MR) is 86.0 cm³/mol. The van der Waals surface area contributed by atoms with Crippen molar-refractivity contribution in [2.75, 3.05) is 4.90 Å². The first-order chi connectivity index (χ1) is 10.2. The molecule has 0 aliphatic carbocycles. The number of fused-ring (bicyclic) bond motifs is 2. The number of para-hydroxylation sites is 2. The molecule has 0 radical (unpaired) electrons. The molecule has 1 atom stereocenters. The summed E-state index contributed by atoms with van der Waals surface area (Å²) in [6, 6.07) is 16.2. The zero-order valence-corrected chi connectivity index (χ0v) is 12.4. The lowest BCUT2D eigenvalue weighted by atomic mass is 10.1. The number of carbonyl (C=O) groups is 1. The molecule has 1 aromatic heterocycles. The van der Waals surface area contributed by atoms with Crippen LogP contribution in [0.5, 0.6) is 0 Å². The van der Waals surface area contributed by atoms with E-state index in [4.69, 9.17) is 0 Å². The van der Waals surface area contributed by atoms with Gasteiger partial charge in [-0.05, 0) is 37.1 Å². The van der Waals surface area contributed by atoms with Gasteiger partial charge in [0.25, 0.3) is 5.91 Å². The van der Waals surface area contributed by atoms with Gasteiger partial charge in [-0.25, -0.2) is 4.98 Å². The molecule has 3 aromatic rings. The molecule has 4 rings (SSSR count). The average molecular weight is 294 g/mol. The number of carbonyl (C=O) groups excluding carboxylic acids is 1. The van der Waals surface area contributed by atoms with Crippen molar-refractivity contribution in [3.63, 3.8) is 0 Å². The van der Waals surface area contributed by atoms with Crippen molar-refractivity contribution in [2.24, 2.45) is 0 Å². The quantitative estimate of drug-likeness (QED) is 0.682. The third-order valence-electron chi connectivity index (χ3n) is 3.90. The molecule has 3 nitrogen and oxygen atoms in total. The summed E-state index contributed by atoms with van der Waals surface area (Å²) < 4.78 is 1.06. The molecule has 0 spiro atoms. The van der Waals surface area contributed by atoms with Gasteiger partial charge in [-0.15, -0.1) is 11.3 Å². The second-order valence-corrected chi connectivity index (χ2v) is 6.37. The normalized spacial score (nSPS) is 17.2. The Morgan fingerprint density at radius 2 is 1.95 bits per heavy atom. The number of anilines is 1. The predicted octanol–water partition coefficient (Wildman–Crippen LogP) is 3.89. The maximum Gasteiger partial charge on any atom is 0.287 e. The van der Waals surface area contributed by atoms with Crippen molar-refractivity contribution in [3.05, 3.63) is 59.1 Å². The van der Waals surface area contributed by atoms with Crippen molar-refractivity contribution >= 4 is 33.1 Å². The molecular weight excluding hydrogens is 280 g/mol. The molecule has 0 saturated carbocycles. The van der Waals surface area contributed by atoms with Crippen LogP contribution in [0.3, 0.4) is 0 Å². The van der Waals surface area contributed by atoms with Crippen LogP contribution in [-0.4, -0.2) is 16.9 Å². The Morgan fingerprint density at radius 1 is 1.19 bits per heavy atom. The summed E-state index contributed by atoms with van der Waals surface area (Å²) in [4.78, 5) is 19.2. The lowest BCUT2D eigenvalue weighted by molar-refractivity contribution is 0.0981. The molecule has 0 bridgehead atoms. The van der Waals surface area contributed by atoms with Crippen LogP contribution in [-0.2, 0) is 6.42 Å². The third kappa shape index (κ3) is 1.94. The van der Waals surface area contributed by atoms with E-state index in [1.807, 2.05) is 47.4 Å². The van der Waals surface area contributed by atoms with Crippen LogP contribution in [0, 0.1) is 0 Å². The minimum atomic E-state index is 0.00801. The Bertz CT molecular complexity index is 806. The Morgan fingerprint density at radius 3 is 2.81 bits per heavy atom. The van der Waals surface area contributed by atoms with Gasteiger partial charge in [0.15, 0.2) is 5.01 Å². The van der Waals surface area contributed by atoms with E-state index < -0.39 is 0 Å². The summed E-state index contributed by atoms with van der Waals surface area (Å²) in [7, 11) is 0. The van der Waals surface area contributed by atoms with Crippen molar-refractivity contribution in [2.45, 2.75) is 19.4 Å². The molecule has 0 saturated heterocycles. The van der Waals surface area contributed by atoms with Gasteiger partial charge in [-0.2, -0.15) is 0 Å². The first kappa shape index (κ1) is 12.5. The molecule has 104 valence electrons. The fourth-order valence-corrected chi connectivity index (χ4v) is 3.84. The zero-order chi connectivity index (χ0) is 14.4. The van der Waals surface area contributed by atoms with E-state index >= 15 is 0 Å². The van der Waals surface area contributed by atoms with Gasteiger partial charge < -0.3 is 4.90 Å². The second kappa shape index (κ2) is 4.67. The average Bonchev–Trinajstić information content (AvgIpc) is 3.06. The molecule has 21 heavy (non-hydrogen) atoms. The molecule has 4 heteroatoms. The first-order valence-corrected chi connectivity index (χ1v) is 7.83. The largest absolute Gasteiger partial charge is 0.303 e. The minimum absolute atomic E-state index is 0.00801. The van der Waals surface area contributed by atoms with Crippen LogP contribution in [0.1, 0.15) is 22.3 Å². The van der Waals surface area contributed by atoms with E-state index in [1.165, 1.54) is 16.9 Å². The van der Waals surface area contributed by atoms with Crippen LogP contribution in [0.15, 0.2) is 48.5 Å². The topological polar surface area (TPSA) is 33.2 Å². The summed E-state index contributed by atoms with van der Waals surface area (Å²) in [6.45, 7) is 2.09. The van der Waals surface area contributed by atoms with E-state index in [0.29, 0.717) is 5.01 Å². The van der Waals surface area contributed by atoms with Crippen molar-refractivity contribution in [3.8, 4) is 0 Å². The lowest BCUT2D eigenvalue weighted by Gasteiger charge is -2.21. The minimum Gasteiger partial charge on any atom is -0.303 e. The number of benzene rings is 2. The number of rotatable bonds is 1. The molecule has 1 aliphatic heterocycles. The maximum absolute atomic E-state index is 12.9. The summed E-state index contributed by atoms with van der Waals surface area (Å²) in [5, 5.41) is 0.569. The van der Waals surface area contributed by atoms with E-state index in [0.717, 1.165) is 22.3 Å². The fraction of sp³-hybridized carbons (Fsp3) is 0.176. The molecular formula is C17H14N2OS. The van der Waals surface area contributed by atoms with E-state index in [9.17, 15) is 4.79 Å². The highest BCUT2D eigenvalue weighted by molar-refractivity contribution is 7.20. The number of amides is 1. The monoisotopic (exact) mass is 294 g/mol. The van der Waals surface area contributed by atoms with Crippen LogP contribution in [0.2, 0.25) is 0 Å². The van der Waals surface area contributed by atoms with Crippen molar-refractivity contribution in [1.82, 2.24) is 4.98 Å². The number of thiazole rings is 1. The molecule has 0 N–H and O–H groups in total. The Balaban J connectivity index is 1.77. The van der Waals surface area contributed by atoms with Crippen molar-refractivity contribution < 1.29 is 4.79 Å². The highest BCUT2D eigenvalue weighted by atomic mass is 32.1. The molecule has 0 fully saturated rings. The Hall–Kier alpha value is -2.20. The maximum atomic E-state index is 12.9. The summed E-state index contributed by atoms with van der Waals surface area (Å²) in [5.74, 6) is 0.00801. The van der Waals surface area contributed by atoms with Crippen LogP contribution < -0.4 is 4.90 Å². The van der Waals surface area contributed by atoms with Crippen LogP contribution in [0.4, 0.5) is 5.69 Å².